The van der Waals surface area contributed by atoms with Gasteiger partial charge in [0.2, 0.25) is 0 Å². The second-order valence-electron chi connectivity index (χ2n) is 6.20. The molecule has 3 rings (SSSR count). The van der Waals surface area contributed by atoms with E-state index in [4.69, 9.17) is 0 Å². The number of nitrogens with zero attached hydrogens (tertiary/aromatic N) is 3. The maximum atomic E-state index is 12.1. The molecular formula is C19H26IN5O2S. The van der Waals surface area contributed by atoms with E-state index < -0.39 is 0 Å². The van der Waals surface area contributed by atoms with Crippen molar-refractivity contribution < 1.29 is 9.90 Å². The highest BCUT2D eigenvalue weighted by Crippen LogP contribution is 2.22. The van der Waals surface area contributed by atoms with Crippen LogP contribution in [0.3, 0.4) is 0 Å². The van der Waals surface area contributed by atoms with Crippen molar-refractivity contribution >= 4 is 52.2 Å². The Labute approximate surface area is 186 Å². The predicted molar refractivity (Wildman–Crippen MR) is 125 cm³/mol. The van der Waals surface area contributed by atoms with Gasteiger partial charge in [0.05, 0.1) is 5.00 Å². The first-order valence-corrected chi connectivity index (χ1v) is 9.86. The Morgan fingerprint density at radius 1 is 1.11 bits per heavy atom. The molecule has 0 aliphatic carbocycles. The molecule has 1 aromatic heterocycles. The normalized spacial score (nSPS) is 14.4. The Bertz CT molecular complexity index is 759. The van der Waals surface area contributed by atoms with Crippen molar-refractivity contribution in [1.29, 1.82) is 0 Å². The SMILES string of the molecule is CN=C(NCCNC(=O)c1ccc(O)cc1)N1CCN(c2cccs2)CC1.I. The fourth-order valence-corrected chi connectivity index (χ4v) is 3.77. The van der Waals surface area contributed by atoms with Crippen LogP contribution < -0.4 is 15.5 Å². The molecule has 0 atom stereocenters. The highest BCUT2D eigenvalue weighted by molar-refractivity contribution is 14.0. The van der Waals surface area contributed by atoms with Gasteiger partial charge in [-0.1, -0.05) is 0 Å². The molecule has 7 nitrogen and oxygen atoms in total. The van der Waals surface area contributed by atoms with Crippen LogP contribution in [-0.4, -0.2) is 68.2 Å². The minimum absolute atomic E-state index is 0. The fourth-order valence-electron chi connectivity index (χ4n) is 2.99. The van der Waals surface area contributed by atoms with Gasteiger partial charge in [0.1, 0.15) is 5.75 Å². The zero-order valence-electron chi connectivity index (χ0n) is 15.8. The van der Waals surface area contributed by atoms with Crippen LogP contribution in [0.2, 0.25) is 0 Å². The third-order valence-electron chi connectivity index (χ3n) is 4.43. The van der Waals surface area contributed by atoms with E-state index in [9.17, 15) is 9.90 Å². The quantitative estimate of drug-likeness (QED) is 0.246. The van der Waals surface area contributed by atoms with Crippen molar-refractivity contribution in [3.8, 4) is 5.75 Å². The molecule has 0 radical (unpaired) electrons. The van der Waals surface area contributed by atoms with Gasteiger partial charge in [-0.2, -0.15) is 0 Å². The lowest BCUT2D eigenvalue weighted by molar-refractivity contribution is 0.0954. The molecule has 28 heavy (non-hydrogen) atoms. The Hall–Kier alpha value is -2.01. The summed E-state index contributed by atoms with van der Waals surface area (Å²) in [6, 6.07) is 10.5. The second kappa shape index (κ2) is 11.1. The van der Waals surface area contributed by atoms with Gasteiger partial charge in [-0.3, -0.25) is 9.79 Å². The molecule has 1 amide bonds. The molecule has 2 aromatic rings. The number of guanidine groups is 1. The molecule has 1 aliphatic rings. The Kier molecular flexibility index (Phi) is 8.84. The lowest BCUT2D eigenvalue weighted by Gasteiger charge is -2.37. The van der Waals surface area contributed by atoms with Crippen LogP contribution in [0.25, 0.3) is 0 Å². The van der Waals surface area contributed by atoms with E-state index in [-0.39, 0.29) is 35.6 Å². The molecule has 9 heteroatoms. The monoisotopic (exact) mass is 515 g/mol. The number of anilines is 1. The highest BCUT2D eigenvalue weighted by atomic mass is 127. The molecule has 1 saturated heterocycles. The van der Waals surface area contributed by atoms with Crippen molar-refractivity contribution in [2.45, 2.75) is 0 Å². The molecule has 0 unspecified atom stereocenters. The Morgan fingerprint density at radius 2 is 1.79 bits per heavy atom. The van der Waals surface area contributed by atoms with Crippen molar-refractivity contribution in [2.75, 3.05) is 51.2 Å². The molecule has 1 fully saturated rings. The number of carbonyl (C=O) groups is 1. The van der Waals surface area contributed by atoms with Gasteiger partial charge in [-0.15, -0.1) is 35.3 Å². The van der Waals surface area contributed by atoms with Gasteiger partial charge in [-0.25, -0.2) is 0 Å². The summed E-state index contributed by atoms with van der Waals surface area (Å²) in [5, 5.41) is 18.9. The largest absolute Gasteiger partial charge is 0.508 e. The molecule has 1 aromatic carbocycles. The van der Waals surface area contributed by atoms with E-state index >= 15 is 0 Å². The molecule has 0 spiro atoms. The number of nitrogens with one attached hydrogen (secondary N) is 2. The number of carbonyl (C=O) groups excluding carboxylic acids is 1. The van der Waals surface area contributed by atoms with Crippen LogP contribution in [0.1, 0.15) is 10.4 Å². The molecular weight excluding hydrogens is 489 g/mol. The zero-order valence-corrected chi connectivity index (χ0v) is 18.9. The summed E-state index contributed by atoms with van der Waals surface area (Å²) in [6.07, 6.45) is 0. The van der Waals surface area contributed by atoms with Crippen LogP contribution in [-0.2, 0) is 0 Å². The molecule has 3 N–H and O–H groups in total. The summed E-state index contributed by atoms with van der Waals surface area (Å²) >= 11 is 1.77. The molecule has 0 bridgehead atoms. The van der Waals surface area contributed by atoms with Crippen LogP contribution in [0, 0.1) is 0 Å². The molecule has 1 aliphatic heterocycles. The zero-order chi connectivity index (χ0) is 19.1. The number of phenolic OH excluding ortho intramolecular Hbond substituents is 1. The number of aliphatic imine (C=N–C) groups is 1. The summed E-state index contributed by atoms with van der Waals surface area (Å²) in [7, 11) is 1.78. The fraction of sp³-hybridized carbons (Fsp3) is 0.368. The molecule has 0 saturated carbocycles. The average Bonchev–Trinajstić information content (AvgIpc) is 3.23. The number of rotatable bonds is 5. The first-order chi connectivity index (χ1) is 13.2. The maximum absolute atomic E-state index is 12.1. The van der Waals surface area contributed by atoms with Crippen LogP contribution >= 0.6 is 35.3 Å². The van der Waals surface area contributed by atoms with Gasteiger partial charge in [0.25, 0.3) is 5.91 Å². The number of aromatic hydroxyl groups is 1. The average molecular weight is 515 g/mol. The Balaban J connectivity index is 0.00000280. The summed E-state index contributed by atoms with van der Waals surface area (Å²) in [6.45, 7) is 4.86. The van der Waals surface area contributed by atoms with Crippen molar-refractivity contribution in [3.05, 3.63) is 47.3 Å². The third kappa shape index (κ3) is 5.99. The number of benzene rings is 1. The lowest BCUT2D eigenvalue weighted by Crippen LogP contribution is -2.53. The first-order valence-electron chi connectivity index (χ1n) is 8.98. The van der Waals surface area contributed by atoms with E-state index in [0.717, 1.165) is 32.1 Å². The number of amides is 1. The number of thiophene rings is 1. The minimum Gasteiger partial charge on any atom is -0.508 e. The summed E-state index contributed by atoms with van der Waals surface area (Å²) in [4.78, 5) is 21.1. The second-order valence-corrected chi connectivity index (χ2v) is 7.13. The topological polar surface area (TPSA) is 80.2 Å². The van der Waals surface area contributed by atoms with Crippen molar-refractivity contribution in [2.24, 2.45) is 4.99 Å². The van der Waals surface area contributed by atoms with Gasteiger partial charge >= 0.3 is 0 Å². The van der Waals surface area contributed by atoms with Crippen molar-refractivity contribution in [3.63, 3.8) is 0 Å². The first kappa shape index (κ1) is 22.3. The van der Waals surface area contributed by atoms with Gasteiger partial charge in [0.15, 0.2) is 5.96 Å². The van der Waals surface area contributed by atoms with E-state index in [1.165, 1.54) is 17.1 Å². The van der Waals surface area contributed by atoms with Crippen molar-refractivity contribution in [1.82, 2.24) is 15.5 Å². The summed E-state index contributed by atoms with van der Waals surface area (Å²) < 4.78 is 0. The smallest absolute Gasteiger partial charge is 0.251 e. The van der Waals surface area contributed by atoms with Gasteiger partial charge in [0, 0.05) is 51.9 Å². The van der Waals surface area contributed by atoms with Crippen LogP contribution in [0.4, 0.5) is 5.00 Å². The minimum atomic E-state index is -0.156. The summed E-state index contributed by atoms with van der Waals surface area (Å²) in [5.74, 6) is 0.854. The highest BCUT2D eigenvalue weighted by Gasteiger charge is 2.20. The van der Waals surface area contributed by atoms with E-state index in [1.54, 1.807) is 30.5 Å². The number of hydrogen-bond acceptors (Lipinski definition) is 5. The van der Waals surface area contributed by atoms with E-state index in [0.29, 0.717) is 18.7 Å². The maximum Gasteiger partial charge on any atom is 0.251 e. The van der Waals surface area contributed by atoms with Gasteiger partial charge < -0.3 is 25.5 Å². The van der Waals surface area contributed by atoms with E-state index in [1.807, 2.05) is 0 Å². The number of halogens is 1. The molecule has 152 valence electrons. The lowest BCUT2D eigenvalue weighted by atomic mass is 10.2. The third-order valence-corrected chi connectivity index (χ3v) is 5.36. The Morgan fingerprint density at radius 3 is 2.39 bits per heavy atom. The van der Waals surface area contributed by atoms with Crippen LogP contribution in [0.5, 0.6) is 5.75 Å². The van der Waals surface area contributed by atoms with E-state index in [2.05, 4.69) is 42.9 Å². The number of phenols is 1. The number of piperazine rings is 1. The van der Waals surface area contributed by atoms with Crippen LogP contribution in [0.15, 0.2) is 46.8 Å². The molecule has 2 heterocycles. The predicted octanol–water partition coefficient (Wildman–Crippen LogP) is 2.20. The van der Waals surface area contributed by atoms with Gasteiger partial charge in [-0.05, 0) is 41.8 Å². The summed E-state index contributed by atoms with van der Waals surface area (Å²) in [5.41, 5.74) is 0.530. The standard InChI is InChI=1S/C19H25N5O2S.HI/c1-20-19(24-12-10-23(11-13-24)17-3-2-14-27-17)22-9-8-21-18(26)15-4-6-16(25)7-5-15;/h2-7,14,25H,8-13H2,1H3,(H,20,22)(H,21,26);1H. The number of hydrogen-bond donors (Lipinski definition) is 3.